The average Bonchev–Trinajstić information content (AvgIpc) is 2.54. The molecule has 2 rings (SSSR count). The van der Waals surface area contributed by atoms with E-state index in [1.807, 2.05) is 0 Å². The van der Waals surface area contributed by atoms with Gasteiger partial charge in [-0.3, -0.25) is 0 Å². The highest BCUT2D eigenvalue weighted by atomic mass is 19.3. The standard InChI is InChI=1S/C9H7F2N.C9H8F2O2/c1-9(10,11)8-4-2-3-7(5-8)6-12;1-9(10,11)7-4-2-3-6(5-7)8(12)13/h2-5H,1H3;2-5H,1H3,(H,12,13). The second kappa shape index (κ2) is 7.79. The van der Waals surface area contributed by atoms with E-state index in [4.69, 9.17) is 10.4 Å². The van der Waals surface area contributed by atoms with Crippen molar-refractivity contribution in [3.05, 3.63) is 70.8 Å². The van der Waals surface area contributed by atoms with E-state index in [0.717, 1.165) is 19.9 Å². The summed E-state index contributed by atoms with van der Waals surface area (Å²) >= 11 is 0. The van der Waals surface area contributed by atoms with Crippen molar-refractivity contribution in [1.82, 2.24) is 0 Å². The molecule has 132 valence electrons. The Balaban J connectivity index is 0.000000251. The van der Waals surface area contributed by atoms with Crippen LogP contribution in [-0.4, -0.2) is 11.1 Å². The van der Waals surface area contributed by atoms with E-state index in [9.17, 15) is 22.4 Å². The third-order valence-electron chi connectivity index (χ3n) is 3.11. The minimum absolute atomic E-state index is 0.124. The lowest BCUT2D eigenvalue weighted by atomic mass is 10.1. The lowest BCUT2D eigenvalue weighted by Crippen LogP contribution is -2.08. The summed E-state index contributed by atoms with van der Waals surface area (Å²) in [6.07, 6.45) is 0. The molecule has 0 atom stereocenters. The first kappa shape index (κ1) is 20.2. The summed E-state index contributed by atoms with van der Waals surface area (Å²) in [5.41, 5.74) is -0.276. The molecule has 0 saturated heterocycles. The predicted octanol–water partition coefficient (Wildman–Crippen LogP) is 5.17. The molecule has 25 heavy (non-hydrogen) atoms. The Morgan fingerprint density at radius 1 is 0.960 bits per heavy atom. The number of carbonyl (C=O) groups is 1. The number of nitrogens with zero attached hydrogens (tertiary/aromatic N) is 1. The zero-order chi connectivity index (χ0) is 19.3. The minimum Gasteiger partial charge on any atom is -0.478 e. The van der Waals surface area contributed by atoms with Crippen molar-refractivity contribution in [2.24, 2.45) is 0 Å². The molecule has 2 aromatic carbocycles. The van der Waals surface area contributed by atoms with Gasteiger partial charge in [0.25, 0.3) is 11.8 Å². The van der Waals surface area contributed by atoms with Gasteiger partial charge in [0.1, 0.15) is 0 Å². The van der Waals surface area contributed by atoms with Crippen LogP contribution in [0, 0.1) is 11.3 Å². The monoisotopic (exact) mass is 353 g/mol. The number of hydrogen-bond donors (Lipinski definition) is 1. The fraction of sp³-hybridized carbons (Fsp3) is 0.222. The lowest BCUT2D eigenvalue weighted by Gasteiger charge is -2.10. The predicted molar refractivity (Wildman–Crippen MR) is 83.7 cm³/mol. The molecule has 0 aliphatic rings. The van der Waals surface area contributed by atoms with Crippen molar-refractivity contribution < 1.29 is 27.5 Å². The summed E-state index contributed by atoms with van der Waals surface area (Å²) in [5.74, 6) is -7.07. The van der Waals surface area contributed by atoms with E-state index < -0.39 is 17.8 Å². The third kappa shape index (κ3) is 6.26. The Hall–Kier alpha value is -2.88. The van der Waals surface area contributed by atoms with Gasteiger partial charge in [-0.25, -0.2) is 22.4 Å². The van der Waals surface area contributed by atoms with Crippen LogP contribution in [0.25, 0.3) is 0 Å². The largest absolute Gasteiger partial charge is 0.478 e. The maximum Gasteiger partial charge on any atom is 0.335 e. The molecule has 0 amide bonds. The van der Waals surface area contributed by atoms with Crippen molar-refractivity contribution in [3.8, 4) is 6.07 Å². The molecule has 7 heteroatoms. The summed E-state index contributed by atoms with van der Waals surface area (Å²) in [6, 6.07) is 12.0. The van der Waals surface area contributed by atoms with E-state index in [-0.39, 0.29) is 22.3 Å². The number of hydrogen-bond acceptors (Lipinski definition) is 2. The number of carboxylic acid groups (broad SMARTS) is 1. The summed E-state index contributed by atoms with van der Waals surface area (Å²) < 4.78 is 50.7. The normalized spacial score (nSPS) is 11.1. The summed E-state index contributed by atoms with van der Waals surface area (Å²) in [7, 11) is 0. The highest BCUT2D eigenvalue weighted by Crippen LogP contribution is 2.27. The van der Waals surface area contributed by atoms with Crippen LogP contribution in [0.1, 0.15) is 40.9 Å². The average molecular weight is 353 g/mol. The Morgan fingerprint density at radius 2 is 1.44 bits per heavy atom. The molecule has 3 nitrogen and oxygen atoms in total. The van der Waals surface area contributed by atoms with Crippen molar-refractivity contribution in [3.63, 3.8) is 0 Å². The van der Waals surface area contributed by atoms with Crippen LogP contribution in [0.15, 0.2) is 48.5 Å². The van der Waals surface area contributed by atoms with Crippen molar-refractivity contribution in [1.29, 1.82) is 5.26 Å². The van der Waals surface area contributed by atoms with Gasteiger partial charge in [0, 0.05) is 25.0 Å². The highest BCUT2D eigenvalue weighted by Gasteiger charge is 2.25. The van der Waals surface area contributed by atoms with Gasteiger partial charge in [0.05, 0.1) is 17.2 Å². The van der Waals surface area contributed by atoms with Gasteiger partial charge in [-0.1, -0.05) is 24.3 Å². The smallest absolute Gasteiger partial charge is 0.335 e. The van der Waals surface area contributed by atoms with Crippen molar-refractivity contribution >= 4 is 5.97 Å². The second-order valence-corrected chi connectivity index (χ2v) is 5.36. The minimum atomic E-state index is -2.99. The summed E-state index contributed by atoms with van der Waals surface area (Å²) in [5, 5.41) is 17.0. The molecular formula is C18H15F4NO2. The highest BCUT2D eigenvalue weighted by molar-refractivity contribution is 5.87. The maximum absolute atomic E-state index is 12.7. The molecule has 0 aliphatic carbocycles. The quantitative estimate of drug-likeness (QED) is 0.775. The van der Waals surface area contributed by atoms with Crippen LogP contribution in [0.2, 0.25) is 0 Å². The first-order chi connectivity index (χ1) is 11.4. The van der Waals surface area contributed by atoms with Gasteiger partial charge in [0.2, 0.25) is 0 Å². The molecule has 0 spiro atoms. The van der Waals surface area contributed by atoms with Gasteiger partial charge in [0.15, 0.2) is 0 Å². The van der Waals surface area contributed by atoms with E-state index in [1.54, 1.807) is 6.07 Å². The van der Waals surface area contributed by atoms with Gasteiger partial charge in [-0.2, -0.15) is 5.26 Å². The second-order valence-electron chi connectivity index (χ2n) is 5.36. The Bertz CT molecular complexity index is 787. The van der Waals surface area contributed by atoms with Crippen LogP contribution in [-0.2, 0) is 11.8 Å². The van der Waals surface area contributed by atoms with Gasteiger partial charge >= 0.3 is 5.97 Å². The maximum atomic E-state index is 12.7. The summed E-state index contributed by atoms with van der Waals surface area (Å²) in [6.45, 7) is 1.54. The van der Waals surface area contributed by atoms with Crippen LogP contribution in [0.5, 0.6) is 0 Å². The van der Waals surface area contributed by atoms with Gasteiger partial charge in [-0.05, 0) is 24.3 Å². The van der Waals surface area contributed by atoms with E-state index in [0.29, 0.717) is 0 Å². The molecule has 0 unspecified atom stereocenters. The number of aromatic carboxylic acids is 1. The number of benzene rings is 2. The molecule has 0 heterocycles. The Kier molecular flexibility index (Phi) is 6.29. The third-order valence-corrected chi connectivity index (χ3v) is 3.11. The van der Waals surface area contributed by atoms with E-state index in [1.165, 1.54) is 42.5 Å². The molecule has 0 aromatic heterocycles. The molecular weight excluding hydrogens is 338 g/mol. The number of rotatable bonds is 3. The van der Waals surface area contributed by atoms with Crippen LogP contribution >= 0.6 is 0 Å². The zero-order valence-electron chi connectivity index (χ0n) is 13.4. The molecule has 0 radical (unpaired) electrons. The number of halogens is 4. The number of carboxylic acids is 1. The number of nitriles is 1. The van der Waals surface area contributed by atoms with E-state index >= 15 is 0 Å². The summed E-state index contributed by atoms with van der Waals surface area (Å²) in [4.78, 5) is 10.4. The molecule has 0 aliphatic heterocycles. The first-order valence-corrected chi connectivity index (χ1v) is 7.05. The molecule has 0 bridgehead atoms. The zero-order valence-corrected chi connectivity index (χ0v) is 13.4. The fourth-order valence-corrected chi connectivity index (χ4v) is 1.79. The Morgan fingerprint density at radius 3 is 1.88 bits per heavy atom. The van der Waals surface area contributed by atoms with Crippen LogP contribution in [0.4, 0.5) is 17.6 Å². The van der Waals surface area contributed by atoms with Crippen LogP contribution in [0.3, 0.4) is 0 Å². The number of alkyl halides is 4. The SMILES string of the molecule is CC(F)(F)c1cccc(C#N)c1.CC(F)(F)c1cccc(C(=O)O)c1. The molecule has 0 saturated carbocycles. The van der Waals surface area contributed by atoms with E-state index in [2.05, 4.69) is 0 Å². The van der Waals surface area contributed by atoms with Crippen molar-refractivity contribution in [2.45, 2.75) is 25.7 Å². The van der Waals surface area contributed by atoms with Crippen LogP contribution < -0.4 is 0 Å². The fourth-order valence-electron chi connectivity index (χ4n) is 1.79. The topological polar surface area (TPSA) is 61.1 Å². The van der Waals surface area contributed by atoms with Gasteiger partial charge < -0.3 is 5.11 Å². The molecule has 0 fully saturated rings. The Labute approximate surface area is 142 Å². The van der Waals surface area contributed by atoms with Gasteiger partial charge in [-0.15, -0.1) is 0 Å². The van der Waals surface area contributed by atoms with Crippen molar-refractivity contribution in [2.75, 3.05) is 0 Å². The molecule has 1 N–H and O–H groups in total. The lowest BCUT2D eigenvalue weighted by molar-refractivity contribution is 0.0167. The first-order valence-electron chi connectivity index (χ1n) is 7.05. The molecule has 2 aromatic rings.